The topological polar surface area (TPSA) is 9.23 Å². The summed E-state index contributed by atoms with van der Waals surface area (Å²) in [5.41, 5.74) is 1.35. The van der Waals surface area contributed by atoms with Crippen LogP contribution in [0.5, 0.6) is 0 Å². The Morgan fingerprint density at radius 1 is 1.21 bits per heavy atom. The van der Waals surface area contributed by atoms with E-state index in [1.54, 1.807) is 0 Å². The fourth-order valence-corrected chi connectivity index (χ4v) is 1.64. The highest BCUT2D eigenvalue weighted by Gasteiger charge is 2.29. The molecule has 1 heteroatoms. The monoisotopic (exact) mass is 198 g/mol. The standard InChI is InChI=1S/C13H26O/c1-8-9-14-13(6,7)10-12(4,5)11(2)3/h2,8-10H2,1,3-7H3. The minimum atomic E-state index is -0.0432. The molecule has 0 bridgehead atoms. The fourth-order valence-electron chi connectivity index (χ4n) is 1.64. The SMILES string of the molecule is C=C(C)C(C)(C)CC(C)(C)OCCC. The van der Waals surface area contributed by atoms with Crippen LogP contribution >= 0.6 is 0 Å². The van der Waals surface area contributed by atoms with Crippen molar-refractivity contribution in [1.82, 2.24) is 0 Å². The summed E-state index contributed by atoms with van der Waals surface area (Å²) in [4.78, 5) is 0. The lowest BCUT2D eigenvalue weighted by atomic mass is 9.77. The lowest BCUT2D eigenvalue weighted by Crippen LogP contribution is -2.32. The van der Waals surface area contributed by atoms with Crippen LogP contribution < -0.4 is 0 Å². The number of ether oxygens (including phenoxy) is 1. The third kappa shape index (κ3) is 4.80. The van der Waals surface area contributed by atoms with Gasteiger partial charge in [-0.1, -0.05) is 32.9 Å². The van der Waals surface area contributed by atoms with Gasteiger partial charge in [0.1, 0.15) is 0 Å². The van der Waals surface area contributed by atoms with Gasteiger partial charge in [-0.2, -0.15) is 0 Å². The molecule has 0 aliphatic carbocycles. The largest absolute Gasteiger partial charge is 0.376 e. The summed E-state index contributed by atoms with van der Waals surface area (Å²) in [6, 6.07) is 0. The second-order valence-corrected chi connectivity index (χ2v) is 5.45. The van der Waals surface area contributed by atoms with Crippen molar-refractivity contribution < 1.29 is 4.74 Å². The van der Waals surface area contributed by atoms with Crippen molar-refractivity contribution in [3.05, 3.63) is 12.2 Å². The van der Waals surface area contributed by atoms with Crippen molar-refractivity contribution in [1.29, 1.82) is 0 Å². The Morgan fingerprint density at radius 3 is 2.07 bits per heavy atom. The molecule has 0 N–H and O–H groups in total. The Morgan fingerprint density at radius 2 is 1.71 bits per heavy atom. The molecule has 0 saturated carbocycles. The first kappa shape index (κ1) is 13.7. The average Bonchev–Trinajstić information content (AvgIpc) is 1.99. The van der Waals surface area contributed by atoms with E-state index in [0.29, 0.717) is 0 Å². The predicted molar refractivity (Wildman–Crippen MR) is 63.5 cm³/mol. The maximum absolute atomic E-state index is 5.82. The van der Waals surface area contributed by atoms with Crippen LogP contribution in [0.15, 0.2) is 12.2 Å². The lowest BCUT2D eigenvalue weighted by Gasteiger charge is -2.35. The zero-order valence-electron chi connectivity index (χ0n) is 10.7. The van der Waals surface area contributed by atoms with Gasteiger partial charge in [-0.25, -0.2) is 0 Å². The maximum atomic E-state index is 5.82. The summed E-state index contributed by atoms with van der Waals surface area (Å²) >= 11 is 0. The van der Waals surface area contributed by atoms with Crippen LogP contribution in [0.3, 0.4) is 0 Å². The Hall–Kier alpha value is -0.300. The second kappa shape index (κ2) is 4.97. The molecule has 0 atom stereocenters. The Bertz CT molecular complexity index is 189. The van der Waals surface area contributed by atoms with Gasteiger partial charge in [0, 0.05) is 6.61 Å². The van der Waals surface area contributed by atoms with Crippen LogP contribution in [-0.2, 0) is 4.74 Å². The van der Waals surface area contributed by atoms with Gasteiger partial charge in [0.2, 0.25) is 0 Å². The third-order valence-electron chi connectivity index (χ3n) is 2.72. The highest BCUT2D eigenvalue weighted by atomic mass is 16.5. The van der Waals surface area contributed by atoms with Gasteiger partial charge in [0.15, 0.2) is 0 Å². The van der Waals surface area contributed by atoms with Crippen LogP contribution in [0.2, 0.25) is 0 Å². The van der Waals surface area contributed by atoms with Crippen molar-refractivity contribution >= 4 is 0 Å². The molecular formula is C13H26O. The van der Waals surface area contributed by atoms with Crippen molar-refractivity contribution in [2.75, 3.05) is 6.61 Å². The smallest absolute Gasteiger partial charge is 0.0634 e. The van der Waals surface area contributed by atoms with Crippen LogP contribution in [0, 0.1) is 5.41 Å². The van der Waals surface area contributed by atoms with Crippen LogP contribution in [-0.4, -0.2) is 12.2 Å². The van der Waals surface area contributed by atoms with Crippen molar-refractivity contribution in [2.24, 2.45) is 5.41 Å². The highest BCUT2D eigenvalue weighted by Crippen LogP contribution is 2.35. The van der Waals surface area contributed by atoms with E-state index < -0.39 is 0 Å². The molecule has 0 aliphatic rings. The summed E-state index contributed by atoms with van der Waals surface area (Å²) in [5.74, 6) is 0. The number of hydrogen-bond acceptors (Lipinski definition) is 1. The molecule has 0 saturated heterocycles. The summed E-state index contributed by atoms with van der Waals surface area (Å²) in [7, 11) is 0. The number of allylic oxidation sites excluding steroid dienone is 1. The molecule has 0 radical (unpaired) electrons. The lowest BCUT2D eigenvalue weighted by molar-refractivity contribution is -0.0404. The predicted octanol–water partition coefficient (Wildman–Crippen LogP) is 4.18. The molecule has 0 fully saturated rings. The summed E-state index contributed by atoms with van der Waals surface area (Å²) in [5, 5.41) is 0. The van der Waals surface area contributed by atoms with Crippen molar-refractivity contribution in [2.45, 2.75) is 60.0 Å². The molecule has 14 heavy (non-hydrogen) atoms. The maximum Gasteiger partial charge on any atom is 0.0634 e. The first-order chi connectivity index (χ1) is 6.21. The Balaban J connectivity index is 4.26. The van der Waals surface area contributed by atoms with Gasteiger partial charge < -0.3 is 4.74 Å². The van der Waals surface area contributed by atoms with Gasteiger partial charge in [0.25, 0.3) is 0 Å². The zero-order valence-corrected chi connectivity index (χ0v) is 10.7. The summed E-state index contributed by atoms with van der Waals surface area (Å²) < 4.78 is 5.82. The molecule has 0 aromatic carbocycles. The van der Waals surface area contributed by atoms with E-state index in [2.05, 4.69) is 48.1 Å². The molecule has 0 rings (SSSR count). The Kier molecular flexibility index (Phi) is 4.87. The van der Waals surface area contributed by atoms with Crippen molar-refractivity contribution in [3.63, 3.8) is 0 Å². The molecule has 1 nitrogen and oxygen atoms in total. The van der Waals surface area contributed by atoms with Gasteiger partial charge >= 0.3 is 0 Å². The molecule has 84 valence electrons. The zero-order chi connectivity index (χ0) is 11.4. The molecule has 0 spiro atoms. The summed E-state index contributed by atoms with van der Waals surface area (Å²) in [6.07, 6.45) is 2.10. The number of rotatable bonds is 6. The average molecular weight is 198 g/mol. The van der Waals surface area contributed by atoms with E-state index in [0.717, 1.165) is 19.4 Å². The van der Waals surface area contributed by atoms with E-state index in [4.69, 9.17) is 4.74 Å². The minimum Gasteiger partial charge on any atom is -0.376 e. The van der Waals surface area contributed by atoms with E-state index in [9.17, 15) is 0 Å². The van der Waals surface area contributed by atoms with Crippen LogP contribution in [0.4, 0.5) is 0 Å². The quantitative estimate of drug-likeness (QED) is 0.582. The van der Waals surface area contributed by atoms with E-state index in [-0.39, 0.29) is 11.0 Å². The first-order valence-corrected chi connectivity index (χ1v) is 5.51. The van der Waals surface area contributed by atoms with Gasteiger partial charge in [-0.15, -0.1) is 0 Å². The molecule has 0 heterocycles. The van der Waals surface area contributed by atoms with Gasteiger partial charge in [-0.05, 0) is 39.0 Å². The molecule has 0 aromatic rings. The van der Waals surface area contributed by atoms with Crippen LogP contribution in [0.25, 0.3) is 0 Å². The Labute approximate surface area is 89.5 Å². The molecule has 0 unspecified atom stereocenters. The molecule has 0 aromatic heterocycles. The van der Waals surface area contributed by atoms with E-state index in [1.807, 2.05) is 0 Å². The highest BCUT2D eigenvalue weighted by molar-refractivity contribution is 5.05. The second-order valence-electron chi connectivity index (χ2n) is 5.45. The van der Waals surface area contributed by atoms with Gasteiger partial charge in [0.05, 0.1) is 5.60 Å². The van der Waals surface area contributed by atoms with Gasteiger partial charge in [-0.3, -0.25) is 0 Å². The van der Waals surface area contributed by atoms with E-state index >= 15 is 0 Å². The third-order valence-corrected chi connectivity index (χ3v) is 2.72. The van der Waals surface area contributed by atoms with E-state index in [1.165, 1.54) is 5.57 Å². The minimum absolute atomic E-state index is 0.0432. The van der Waals surface area contributed by atoms with Crippen LogP contribution in [0.1, 0.15) is 54.4 Å². The fraction of sp³-hybridized carbons (Fsp3) is 0.846. The summed E-state index contributed by atoms with van der Waals surface area (Å²) in [6.45, 7) is 17.9. The molecular weight excluding hydrogens is 172 g/mol. The van der Waals surface area contributed by atoms with Crippen molar-refractivity contribution in [3.8, 4) is 0 Å². The first-order valence-electron chi connectivity index (χ1n) is 5.51. The normalized spacial score (nSPS) is 13.0. The molecule has 0 amide bonds. The molecule has 0 aliphatic heterocycles. The number of hydrogen-bond donors (Lipinski definition) is 0.